The summed E-state index contributed by atoms with van der Waals surface area (Å²) in [4.78, 5) is 12.3. The van der Waals surface area contributed by atoms with Gasteiger partial charge >= 0.3 is 0 Å². The first-order chi connectivity index (χ1) is 8.61. The molecule has 0 aliphatic rings. The first kappa shape index (κ1) is 13.0. The minimum Gasteiger partial charge on any atom is -0.294 e. The molecule has 0 fully saturated rings. The second-order valence-electron chi connectivity index (χ2n) is 4.21. The van der Waals surface area contributed by atoms with E-state index in [1.165, 1.54) is 0 Å². The summed E-state index contributed by atoms with van der Waals surface area (Å²) in [5, 5.41) is 4.30. The molecule has 0 radical (unpaired) electrons. The Kier molecular flexibility index (Phi) is 3.97. The van der Waals surface area contributed by atoms with E-state index in [1.807, 2.05) is 38.2 Å². The Morgan fingerprint density at radius 1 is 1.39 bits per heavy atom. The van der Waals surface area contributed by atoms with Crippen LogP contribution in [-0.2, 0) is 19.9 Å². The second-order valence-corrected chi connectivity index (χ2v) is 5.06. The maximum Gasteiger partial charge on any atom is 0.170 e. The number of hydrogen-bond acceptors (Lipinski definition) is 2. The highest BCUT2D eigenvalue weighted by molar-refractivity contribution is 9.10. The number of carbonyl (C=O) groups excluding carboxylic acids is 1. The van der Waals surface area contributed by atoms with Crippen molar-refractivity contribution < 1.29 is 4.79 Å². The molecule has 0 aliphatic heterocycles. The molecule has 1 aromatic heterocycles. The molecule has 0 unspecified atom stereocenters. The van der Waals surface area contributed by atoms with Crippen LogP contribution in [0.2, 0.25) is 0 Å². The number of aryl methyl sites for hydroxylation is 2. The summed E-state index contributed by atoms with van der Waals surface area (Å²) in [6.45, 7) is 2.01. The predicted octanol–water partition coefficient (Wildman–Crippen LogP) is 3.17. The van der Waals surface area contributed by atoms with Crippen LogP contribution in [0.15, 0.2) is 34.9 Å². The van der Waals surface area contributed by atoms with Crippen molar-refractivity contribution in [2.24, 2.45) is 7.05 Å². The van der Waals surface area contributed by atoms with Gasteiger partial charge in [0.2, 0.25) is 0 Å². The molecule has 4 heteroatoms. The van der Waals surface area contributed by atoms with E-state index in [0.717, 1.165) is 27.7 Å². The molecule has 0 aliphatic carbocycles. The van der Waals surface area contributed by atoms with Gasteiger partial charge in [0.15, 0.2) is 5.78 Å². The minimum absolute atomic E-state index is 0.117. The van der Waals surface area contributed by atoms with Crippen LogP contribution >= 0.6 is 15.9 Å². The van der Waals surface area contributed by atoms with Gasteiger partial charge < -0.3 is 0 Å². The third-order valence-electron chi connectivity index (χ3n) is 2.85. The number of nitrogens with zero attached hydrogens (tertiary/aromatic N) is 2. The first-order valence-electron chi connectivity index (χ1n) is 5.91. The molecular weight excluding hydrogens is 292 g/mol. The molecule has 1 aromatic carbocycles. The van der Waals surface area contributed by atoms with Crippen LogP contribution in [-0.4, -0.2) is 15.6 Å². The Labute approximate surface area is 115 Å². The summed E-state index contributed by atoms with van der Waals surface area (Å²) in [6.07, 6.45) is 2.98. The molecule has 2 aromatic rings. The molecule has 94 valence electrons. The molecule has 0 amide bonds. The molecule has 0 N–H and O–H groups in total. The average molecular weight is 307 g/mol. The summed E-state index contributed by atoms with van der Waals surface area (Å²) in [6, 6.07) is 7.80. The number of Topliss-reactive ketones (excluding diaryl/α,β-unsaturated/α-hetero) is 1. The number of hydrogen-bond donors (Lipinski definition) is 0. The monoisotopic (exact) mass is 306 g/mol. The topological polar surface area (TPSA) is 34.9 Å². The fourth-order valence-corrected chi connectivity index (χ4v) is 2.36. The van der Waals surface area contributed by atoms with E-state index < -0.39 is 0 Å². The zero-order valence-corrected chi connectivity index (χ0v) is 12.1. The van der Waals surface area contributed by atoms with Crippen LogP contribution in [0.25, 0.3) is 0 Å². The van der Waals surface area contributed by atoms with Crippen molar-refractivity contribution in [2.45, 2.75) is 19.8 Å². The summed E-state index contributed by atoms with van der Waals surface area (Å²) in [7, 11) is 1.84. The van der Waals surface area contributed by atoms with Crippen LogP contribution in [0, 0.1) is 0 Å². The van der Waals surface area contributed by atoms with Gasteiger partial charge in [-0.15, -0.1) is 0 Å². The normalized spacial score (nSPS) is 10.6. The summed E-state index contributed by atoms with van der Waals surface area (Å²) in [5.74, 6) is 0.117. The van der Waals surface area contributed by atoms with Crippen molar-refractivity contribution in [3.8, 4) is 0 Å². The van der Waals surface area contributed by atoms with E-state index in [0.29, 0.717) is 6.42 Å². The number of ketones is 1. The van der Waals surface area contributed by atoms with E-state index in [2.05, 4.69) is 21.0 Å². The first-order valence-corrected chi connectivity index (χ1v) is 6.70. The Hall–Kier alpha value is -1.42. The van der Waals surface area contributed by atoms with Gasteiger partial charge in [0.1, 0.15) is 0 Å². The summed E-state index contributed by atoms with van der Waals surface area (Å²) < 4.78 is 2.67. The van der Waals surface area contributed by atoms with Crippen LogP contribution in [0.1, 0.15) is 28.5 Å². The zero-order chi connectivity index (χ0) is 13.1. The van der Waals surface area contributed by atoms with E-state index in [4.69, 9.17) is 0 Å². The lowest BCUT2D eigenvalue weighted by Crippen LogP contribution is -2.05. The fraction of sp³-hybridized carbons (Fsp3) is 0.286. The Morgan fingerprint density at radius 3 is 2.78 bits per heavy atom. The van der Waals surface area contributed by atoms with E-state index >= 15 is 0 Å². The molecule has 0 bridgehead atoms. The van der Waals surface area contributed by atoms with Crippen molar-refractivity contribution in [3.05, 3.63) is 51.8 Å². The van der Waals surface area contributed by atoms with E-state index in [1.54, 1.807) is 10.9 Å². The van der Waals surface area contributed by atoms with Gasteiger partial charge in [-0.3, -0.25) is 9.48 Å². The average Bonchev–Trinajstić information content (AvgIpc) is 2.73. The SMILES string of the molecule is CCc1nn(C)cc1C(=O)Cc1ccccc1Br. The van der Waals surface area contributed by atoms with Crippen LogP contribution in [0.3, 0.4) is 0 Å². The van der Waals surface area contributed by atoms with Gasteiger partial charge in [0, 0.05) is 24.1 Å². The number of carbonyl (C=O) groups is 1. The highest BCUT2D eigenvalue weighted by Crippen LogP contribution is 2.19. The van der Waals surface area contributed by atoms with Crippen molar-refractivity contribution in [2.75, 3.05) is 0 Å². The maximum atomic E-state index is 12.3. The van der Waals surface area contributed by atoms with Crippen LogP contribution < -0.4 is 0 Å². The minimum atomic E-state index is 0.117. The van der Waals surface area contributed by atoms with Crippen molar-refractivity contribution >= 4 is 21.7 Å². The molecule has 0 spiro atoms. The van der Waals surface area contributed by atoms with Crippen LogP contribution in [0.4, 0.5) is 0 Å². The van der Waals surface area contributed by atoms with E-state index in [9.17, 15) is 4.79 Å². The summed E-state index contributed by atoms with van der Waals surface area (Å²) in [5.41, 5.74) is 2.61. The van der Waals surface area contributed by atoms with Gasteiger partial charge in [-0.1, -0.05) is 41.1 Å². The Balaban J connectivity index is 2.25. The maximum absolute atomic E-state index is 12.3. The lowest BCUT2D eigenvalue weighted by atomic mass is 10.0. The molecular formula is C14H15BrN2O. The number of aromatic nitrogens is 2. The predicted molar refractivity (Wildman–Crippen MR) is 74.8 cm³/mol. The molecule has 2 rings (SSSR count). The molecule has 0 atom stereocenters. The largest absolute Gasteiger partial charge is 0.294 e. The fourth-order valence-electron chi connectivity index (χ4n) is 1.94. The van der Waals surface area contributed by atoms with Crippen molar-refractivity contribution in [3.63, 3.8) is 0 Å². The van der Waals surface area contributed by atoms with Gasteiger partial charge in [0.05, 0.1) is 11.3 Å². The Bertz CT molecular complexity index is 575. The molecule has 0 saturated heterocycles. The highest BCUT2D eigenvalue weighted by atomic mass is 79.9. The Morgan fingerprint density at radius 2 is 2.11 bits per heavy atom. The number of benzene rings is 1. The van der Waals surface area contributed by atoms with Gasteiger partial charge in [-0.05, 0) is 18.1 Å². The number of halogens is 1. The van der Waals surface area contributed by atoms with Gasteiger partial charge in [-0.25, -0.2) is 0 Å². The molecule has 3 nitrogen and oxygen atoms in total. The second kappa shape index (κ2) is 5.48. The standard InChI is InChI=1S/C14H15BrN2O/c1-3-13-11(9-17(2)16-13)14(18)8-10-6-4-5-7-12(10)15/h4-7,9H,3,8H2,1-2H3. The smallest absolute Gasteiger partial charge is 0.170 e. The van der Waals surface area contributed by atoms with Crippen molar-refractivity contribution in [1.29, 1.82) is 0 Å². The molecule has 0 saturated carbocycles. The van der Waals surface area contributed by atoms with E-state index in [-0.39, 0.29) is 5.78 Å². The van der Waals surface area contributed by atoms with Crippen LogP contribution in [0.5, 0.6) is 0 Å². The third kappa shape index (κ3) is 2.70. The quantitative estimate of drug-likeness (QED) is 0.813. The van der Waals surface area contributed by atoms with Crippen molar-refractivity contribution in [1.82, 2.24) is 9.78 Å². The van der Waals surface area contributed by atoms with Gasteiger partial charge in [-0.2, -0.15) is 5.10 Å². The summed E-state index contributed by atoms with van der Waals surface area (Å²) >= 11 is 3.47. The van der Waals surface area contributed by atoms with Gasteiger partial charge in [0.25, 0.3) is 0 Å². The third-order valence-corrected chi connectivity index (χ3v) is 3.62. The highest BCUT2D eigenvalue weighted by Gasteiger charge is 2.15. The lowest BCUT2D eigenvalue weighted by molar-refractivity contribution is 0.0992. The molecule has 1 heterocycles. The zero-order valence-electron chi connectivity index (χ0n) is 10.5. The lowest BCUT2D eigenvalue weighted by Gasteiger charge is -2.03. The number of rotatable bonds is 4. The molecule has 18 heavy (non-hydrogen) atoms.